The van der Waals surface area contributed by atoms with E-state index in [0.717, 1.165) is 16.7 Å². The molecule has 29 heavy (non-hydrogen) atoms. The van der Waals surface area contributed by atoms with Gasteiger partial charge in [-0.3, -0.25) is 9.59 Å². The van der Waals surface area contributed by atoms with E-state index < -0.39 is 0 Å². The average Bonchev–Trinajstić information content (AvgIpc) is 3.23. The molecule has 0 saturated carbocycles. The van der Waals surface area contributed by atoms with Crippen LogP contribution in [0.15, 0.2) is 68.4 Å². The van der Waals surface area contributed by atoms with Gasteiger partial charge in [0.25, 0.3) is 0 Å². The number of carbonyl (C=O) groups is 1. The summed E-state index contributed by atoms with van der Waals surface area (Å²) in [5.41, 5.74) is 3.72. The second kappa shape index (κ2) is 7.43. The van der Waals surface area contributed by atoms with E-state index in [9.17, 15) is 9.59 Å². The summed E-state index contributed by atoms with van der Waals surface area (Å²) in [6.07, 6.45) is 1.49. The number of fused-ring (bicyclic) bond motifs is 1. The molecule has 2 aromatic heterocycles. The Balaban J connectivity index is 1.74. The molecule has 0 aliphatic heterocycles. The highest BCUT2D eigenvalue weighted by atomic mass is 16.5. The van der Waals surface area contributed by atoms with E-state index in [1.165, 1.54) is 6.26 Å². The fraction of sp³-hybridized carbons (Fsp3) is 0.167. The lowest BCUT2D eigenvalue weighted by molar-refractivity contribution is 0.0920. The predicted molar refractivity (Wildman–Crippen MR) is 111 cm³/mol. The van der Waals surface area contributed by atoms with Gasteiger partial charge in [-0.05, 0) is 67.8 Å². The third-order valence-corrected chi connectivity index (χ3v) is 4.93. The van der Waals surface area contributed by atoms with Crippen molar-refractivity contribution in [2.45, 2.75) is 20.8 Å². The number of furan rings is 1. The molecule has 5 nitrogen and oxygen atoms in total. The van der Waals surface area contributed by atoms with Crippen molar-refractivity contribution in [2.75, 3.05) is 6.61 Å². The van der Waals surface area contributed by atoms with Crippen molar-refractivity contribution in [3.8, 4) is 17.3 Å². The molecule has 0 spiro atoms. The quantitative estimate of drug-likeness (QED) is 0.437. The van der Waals surface area contributed by atoms with Gasteiger partial charge in [-0.1, -0.05) is 18.2 Å². The molecule has 0 bridgehead atoms. The number of ether oxygens (including phenoxy) is 1. The van der Waals surface area contributed by atoms with E-state index in [0.29, 0.717) is 22.3 Å². The van der Waals surface area contributed by atoms with Crippen molar-refractivity contribution in [1.29, 1.82) is 0 Å². The van der Waals surface area contributed by atoms with Crippen molar-refractivity contribution < 1.29 is 18.4 Å². The molecule has 0 saturated heterocycles. The number of carbonyl (C=O) groups excluding carboxylic acids is 1. The molecular weight excluding hydrogens is 368 g/mol. The van der Waals surface area contributed by atoms with Crippen LogP contribution in [0.1, 0.15) is 27.0 Å². The van der Waals surface area contributed by atoms with E-state index in [4.69, 9.17) is 13.6 Å². The van der Waals surface area contributed by atoms with Gasteiger partial charge in [-0.15, -0.1) is 0 Å². The average molecular weight is 388 g/mol. The molecule has 0 fully saturated rings. The van der Waals surface area contributed by atoms with Crippen LogP contribution < -0.4 is 10.2 Å². The fourth-order valence-electron chi connectivity index (χ4n) is 3.12. The minimum atomic E-state index is -0.342. The first-order chi connectivity index (χ1) is 13.9. The summed E-state index contributed by atoms with van der Waals surface area (Å²) < 4.78 is 17.1. The zero-order valence-electron chi connectivity index (χ0n) is 16.4. The number of aryl methyl sites for hydroxylation is 3. The lowest BCUT2D eigenvalue weighted by atomic mass is 10.0. The lowest BCUT2D eigenvalue weighted by Gasteiger charge is -2.11. The molecule has 146 valence electrons. The molecule has 0 radical (unpaired) electrons. The van der Waals surface area contributed by atoms with E-state index in [2.05, 4.69) is 0 Å². The van der Waals surface area contributed by atoms with Crippen molar-refractivity contribution in [3.05, 3.63) is 87.3 Å². The molecule has 0 aliphatic carbocycles. The number of Topliss-reactive ketones (excluding diaryl/α,β-unsaturated/α-hetero) is 1. The minimum Gasteiger partial charge on any atom is -0.478 e. The van der Waals surface area contributed by atoms with Crippen LogP contribution in [-0.2, 0) is 0 Å². The highest BCUT2D eigenvalue weighted by Crippen LogP contribution is 2.31. The lowest BCUT2D eigenvalue weighted by Crippen LogP contribution is -2.17. The van der Waals surface area contributed by atoms with Gasteiger partial charge < -0.3 is 13.6 Å². The Labute approximate surface area is 167 Å². The summed E-state index contributed by atoms with van der Waals surface area (Å²) in [5, 5.41) is 0.388. The summed E-state index contributed by atoms with van der Waals surface area (Å²) in [6.45, 7) is 5.57. The van der Waals surface area contributed by atoms with Gasteiger partial charge >= 0.3 is 0 Å². The Morgan fingerprint density at radius 3 is 2.55 bits per heavy atom. The Bertz CT molecular complexity index is 1260. The van der Waals surface area contributed by atoms with Crippen molar-refractivity contribution in [1.82, 2.24) is 0 Å². The topological polar surface area (TPSA) is 69.7 Å². The van der Waals surface area contributed by atoms with Gasteiger partial charge in [0.2, 0.25) is 16.9 Å². The van der Waals surface area contributed by atoms with Crippen molar-refractivity contribution in [2.24, 2.45) is 0 Å². The van der Waals surface area contributed by atoms with Gasteiger partial charge in [0.05, 0.1) is 11.6 Å². The van der Waals surface area contributed by atoms with Crippen LogP contribution in [0.5, 0.6) is 5.75 Å². The fourth-order valence-corrected chi connectivity index (χ4v) is 3.12. The highest BCUT2D eigenvalue weighted by molar-refractivity contribution is 5.97. The second-order valence-electron chi connectivity index (χ2n) is 7.08. The predicted octanol–water partition coefficient (Wildman–Crippen LogP) is 5.24. The van der Waals surface area contributed by atoms with Crippen LogP contribution in [0.2, 0.25) is 0 Å². The standard InChI is InChI=1S/C24H20O5/c1-14-6-9-18-21(11-14)29-23(20-5-4-10-27-20)24(22(18)26)28-13-19(25)17-8-7-15(2)16(3)12-17/h4-12H,13H2,1-3H3. The highest BCUT2D eigenvalue weighted by Gasteiger charge is 2.21. The number of hydrogen-bond acceptors (Lipinski definition) is 5. The summed E-state index contributed by atoms with van der Waals surface area (Å²) >= 11 is 0. The summed E-state index contributed by atoms with van der Waals surface area (Å²) in [5.74, 6) is 0.278. The zero-order chi connectivity index (χ0) is 20.5. The largest absolute Gasteiger partial charge is 0.478 e. The molecule has 4 rings (SSSR count). The molecular formula is C24H20O5. The summed E-state index contributed by atoms with van der Waals surface area (Å²) in [4.78, 5) is 25.7. The van der Waals surface area contributed by atoms with E-state index in [-0.39, 0.29) is 29.3 Å². The van der Waals surface area contributed by atoms with Crippen LogP contribution >= 0.6 is 0 Å². The van der Waals surface area contributed by atoms with Crippen LogP contribution in [0, 0.1) is 20.8 Å². The molecule has 2 heterocycles. The van der Waals surface area contributed by atoms with Gasteiger partial charge in [0.1, 0.15) is 5.58 Å². The van der Waals surface area contributed by atoms with Gasteiger partial charge in [0, 0.05) is 5.56 Å². The molecule has 0 aliphatic rings. The SMILES string of the molecule is Cc1ccc2c(=O)c(OCC(=O)c3ccc(C)c(C)c3)c(-c3ccco3)oc2c1. The van der Waals surface area contributed by atoms with Gasteiger partial charge in [-0.25, -0.2) is 0 Å². The zero-order valence-corrected chi connectivity index (χ0v) is 16.4. The van der Waals surface area contributed by atoms with Gasteiger partial charge in [0.15, 0.2) is 18.2 Å². The Morgan fingerprint density at radius 2 is 1.83 bits per heavy atom. The van der Waals surface area contributed by atoms with E-state index in [1.807, 2.05) is 39.0 Å². The van der Waals surface area contributed by atoms with Crippen LogP contribution in [0.3, 0.4) is 0 Å². The van der Waals surface area contributed by atoms with E-state index >= 15 is 0 Å². The molecule has 0 amide bonds. The summed E-state index contributed by atoms with van der Waals surface area (Å²) in [6, 6.07) is 14.2. The van der Waals surface area contributed by atoms with Crippen molar-refractivity contribution in [3.63, 3.8) is 0 Å². The first-order valence-electron chi connectivity index (χ1n) is 9.28. The van der Waals surface area contributed by atoms with Crippen LogP contribution in [0.4, 0.5) is 0 Å². The Hall–Kier alpha value is -3.60. The second-order valence-corrected chi connectivity index (χ2v) is 7.08. The van der Waals surface area contributed by atoms with Crippen LogP contribution in [0.25, 0.3) is 22.5 Å². The number of ketones is 1. The maximum absolute atomic E-state index is 13.1. The van der Waals surface area contributed by atoms with Gasteiger partial charge in [-0.2, -0.15) is 0 Å². The number of hydrogen-bond donors (Lipinski definition) is 0. The normalized spacial score (nSPS) is 11.0. The monoisotopic (exact) mass is 388 g/mol. The molecule has 2 aromatic carbocycles. The number of benzene rings is 2. The molecule has 0 N–H and O–H groups in total. The van der Waals surface area contributed by atoms with Crippen LogP contribution in [-0.4, -0.2) is 12.4 Å². The minimum absolute atomic E-state index is 0.0338. The van der Waals surface area contributed by atoms with Crippen molar-refractivity contribution >= 4 is 16.8 Å². The maximum Gasteiger partial charge on any atom is 0.235 e. The molecule has 4 aromatic rings. The molecule has 0 atom stereocenters. The third kappa shape index (κ3) is 3.59. The Morgan fingerprint density at radius 1 is 1.00 bits per heavy atom. The first-order valence-corrected chi connectivity index (χ1v) is 9.28. The smallest absolute Gasteiger partial charge is 0.235 e. The summed E-state index contributed by atoms with van der Waals surface area (Å²) in [7, 11) is 0. The molecule has 0 unspecified atom stereocenters. The third-order valence-electron chi connectivity index (χ3n) is 4.93. The number of rotatable bonds is 5. The Kier molecular flexibility index (Phi) is 4.80. The van der Waals surface area contributed by atoms with E-state index in [1.54, 1.807) is 30.3 Å². The molecule has 5 heteroatoms. The maximum atomic E-state index is 13.1. The first kappa shape index (κ1) is 18.7.